The van der Waals surface area contributed by atoms with Crippen LogP contribution in [-0.2, 0) is 4.79 Å². The highest BCUT2D eigenvalue weighted by atomic mass is 16.4. The Morgan fingerprint density at radius 3 is 2.95 bits per heavy atom. The minimum absolute atomic E-state index is 0.0570. The molecule has 1 amide bonds. The molecule has 1 atom stereocenters. The summed E-state index contributed by atoms with van der Waals surface area (Å²) in [6.45, 7) is 0.0594. The van der Waals surface area contributed by atoms with Crippen LogP contribution in [0.25, 0.3) is 5.52 Å². The highest BCUT2D eigenvalue weighted by Crippen LogP contribution is 2.08. The highest BCUT2D eigenvalue weighted by molar-refractivity contribution is 6.00. The number of rotatable bonds is 5. The average Bonchev–Trinajstić information content (AvgIpc) is 2.82. The molecule has 1 unspecified atom stereocenters. The topological polar surface area (TPSA) is 117 Å². The molecule has 0 saturated carbocycles. The van der Waals surface area contributed by atoms with E-state index in [0.29, 0.717) is 11.1 Å². The maximum Gasteiger partial charge on any atom is 0.332 e. The molecular formula is C11H12N4O4. The number of carbonyl (C=O) groups excluding carboxylic acids is 1. The molecule has 0 aliphatic heterocycles. The minimum Gasteiger partial charge on any atom is -0.479 e. The first kappa shape index (κ1) is 13.0. The Balaban J connectivity index is 1.99. The molecule has 2 heterocycles. The zero-order valence-electron chi connectivity index (χ0n) is 9.85. The molecular weight excluding hydrogens is 252 g/mol. The van der Waals surface area contributed by atoms with Crippen molar-refractivity contribution in [2.45, 2.75) is 12.5 Å². The molecule has 0 spiro atoms. The van der Waals surface area contributed by atoms with Gasteiger partial charge in [-0.25, -0.2) is 9.31 Å². The van der Waals surface area contributed by atoms with Crippen LogP contribution in [0.4, 0.5) is 0 Å². The van der Waals surface area contributed by atoms with Gasteiger partial charge < -0.3 is 15.5 Å². The Morgan fingerprint density at radius 2 is 2.21 bits per heavy atom. The second-order valence-corrected chi connectivity index (χ2v) is 3.86. The summed E-state index contributed by atoms with van der Waals surface area (Å²) in [7, 11) is 0. The Bertz CT molecular complexity index is 610. The van der Waals surface area contributed by atoms with E-state index in [4.69, 9.17) is 10.2 Å². The van der Waals surface area contributed by atoms with Crippen LogP contribution >= 0.6 is 0 Å². The van der Waals surface area contributed by atoms with Gasteiger partial charge in [0.1, 0.15) is 0 Å². The van der Waals surface area contributed by atoms with Gasteiger partial charge in [-0.05, 0) is 0 Å². The van der Waals surface area contributed by atoms with Gasteiger partial charge in [0.2, 0.25) is 0 Å². The summed E-state index contributed by atoms with van der Waals surface area (Å²) in [6, 6.07) is 0. The van der Waals surface area contributed by atoms with Gasteiger partial charge in [0.15, 0.2) is 6.10 Å². The molecule has 0 fully saturated rings. The molecule has 0 bridgehead atoms. The first-order valence-corrected chi connectivity index (χ1v) is 5.56. The fourth-order valence-corrected chi connectivity index (χ4v) is 1.55. The van der Waals surface area contributed by atoms with E-state index in [0.717, 1.165) is 0 Å². The Labute approximate surface area is 107 Å². The number of aliphatic carboxylic acids is 1. The van der Waals surface area contributed by atoms with Crippen molar-refractivity contribution in [3.05, 3.63) is 30.4 Å². The number of nitrogens with one attached hydrogen (secondary N) is 1. The summed E-state index contributed by atoms with van der Waals surface area (Å²) < 4.78 is 1.51. The predicted molar refractivity (Wildman–Crippen MR) is 63.6 cm³/mol. The Kier molecular flexibility index (Phi) is 3.71. The number of fused-ring (bicyclic) bond motifs is 1. The molecule has 100 valence electrons. The van der Waals surface area contributed by atoms with Gasteiger partial charge in [-0.1, -0.05) is 0 Å². The van der Waals surface area contributed by atoms with E-state index in [-0.39, 0.29) is 18.9 Å². The largest absolute Gasteiger partial charge is 0.479 e. The number of hydrogen-bond acceptors (Lipinski definition) is 5. The van der Waals surface area contributed by atoms with Crippen LogP contribution < -0.4 is 5.32 Å². The van der Waals surface area contributed by atoms with Crippen molar-refractivity contribution in [1.82, 2.24) is 19.9 Å². The van der Waals surface area contributed by atoms with Gasteiger partial charge in [0.25, 0.3) is 5.91 Å². The molecule has 0 radical (unpaired) electrons. The molecule has 0 aliphatic carbocycles. The number of carbonyl (C=O) groups is 2. The molecule has 0 aliphatic rings. The molecule has 0 aromatic carbocycles. The number of aromatic nitrogens is 3. The standard InChI is InChI=1S/C11H12N4O4/c16-9(11(18)19)1-2-13-10(17)7-5-14-15-4-3-12-6-8(7)15/h3-6,9,16H,1-2H2,(H,13,17)(H,18,19). The van der Waals surface area contributed by atoms with E-state index >= 15 is 0 Å². The van der Waals surface area contributed by atoms with Gasteiger partial charge in [-0.15, -0.1) is 0 Å². The van der Waals surface area contributed by atoms with Crippen LogP contribution in [0.5, 0.6) is 0 Å². The molecule has 0 saturated heterocycles. The van der Waals surface area contributed by atoms with Crippen molar-refractivity contribution in [2.75, 3.05) is 6.54 Å². The number of aliphatic hydroxyl groups excluding tert-OH is 1. The summed E-state index contributed by atoms with van der Waals surface area (Å²) in [5, 5.41) is 24.1. The van der Waals surface area contributed by atoms with Gasteiger partial charge in [-0.3, -0.25) is 9.78 Å². The van der Waals surface area contributed by atoms with Gasteiger partial charge >= 0.3 is 5.97 Å². The van der Waals surface area contributed by atoms with E-state index < -0.39 is 12.1 Å². The highest BCUT2D eigenvalue weighted by Gasteiger charge is 2.15. The zero-order chi connectivity index (χ0) is 13.8. The first-order valence-electron chi connectivity index (χ1n) is 5.56. The third-order valence-corrected chi connectivity index (χ3v) is 2.56. The van der Waals surface area contributed by atoms with Crippen molar-refractivity contribution in [1.29, 1.82) is 0 Å². The van der Waals surface area contributed by atoms with E-state index in [9.17, 15) is 9.59 Å². The van der Waals surface area contributed by atoms with Gasteiger partial charge in [0, 0.05) is 25.4 Å². The molecule has 2 aromatic heterocycles. The molecule has 2 aromatic rings. The van der Waals surface area contributed by atoms with Crippen LogP contribution in [0, 0.1) is 0 Å². The third-order valence-electron chi connectivity index (χ3n) is 2.56. The fourth-order valence-electron chi connectivity index (χ4n) is 1.55. The van der Waals surface area contributed by atoms with Gasteiger partial charge in [0.05, 0.1) is 23.5 Å². The van der Waals surface area contributed by atoms with E-state index in [1.807, 2.05) is 0 Å². The molecule has 8 nitrogen and oxygen atoms in total. The number of carboxylic acid groups (broad SMARTS) is 1. The first-order chi connectivity index (χ1) is 9.09. The smallest absolute Gasteiger partial charge is 0.332 e. The number of hydrogen-bond donors (Lipinski definition) is 3. The lowest BCUT2D eigenvalue weighted by Crippen LogP contribution is -2.30. The third kappa shape index (κ3) is 2.86. The molecule has 2 rings (SSSR count). The van der Waals surface area contributed by atoms with Crippen LogP contribution in [-0.4, -0.2) is 49.3 Å². The second-order valence-electron chi connectivity index (χ2n) is 3.86. The lowest BCUT2D eigenvalue weighted by molar-refractivity contribution is -0.146. The van der Waals surface area contributed by atoms with Crippen molar-refractivity contribution in [3.63, 3.8) is 0 Å². The normalized spacial score (nSPS) is 12.3. The molecule has 8 heteroatoms. The second kappa shape index (κ2) is 5.44. The van der Waals surface area contributed by atoms with Crippen LogP contribution in [0.15, 0.2) is 24.8 Å². The SMILES string of the molecule is O=C(NCCC(O)C(=O)O)c1cnn2ccncc12. The number of amides is 1. The number of nitrogens with zero attached hydrogens (tertiary/aromatic N) is 3. The predicted octanol–water partition coefficient (Wildman–Crippen LogP) is -0.705. The van der Waals surface area contributed by atoms with Crippen molar-refractivity contribution >= 4 is 17.4 Å². The van der Waals surface area contributed by atoms with Crippen molar-refractivity contribution < 1.29 is 19.8 Å². The van der Waals surface area contributed by atoms with Gasteiger partial charge in [-0.2, -0.15) is 5.10 Å². The Morgan fingerprint density at radius 1 is 1.42 bits per heavy atom. The maximum atomic E-state index is 11.8. The number of carboxylic acids is 1. The lowest BCUT2D eigenvalue weighted by Gasteiger charge is -2.06. The molecule has 3 N–H and O–H groups in total. The van der Waals surface area contributed by atoms with E-state index in [1.54, 1.807) is 12.4 Å². The summed E-state index contributed by atoms with van der Waals surface area (Å²) in [5.74, 6) is -1.70. The van der Waals surface area contributed by atoms with Crippen LogP contribution in [0.1, 0.15) is 16.8 Å². The minimum atomic E-state index is -1.48. The average molecular weight is 264 g/mol. The summed E-state index contributed by atoms with van der Waals surface area (Å²) >= 11 is 0. The summed E-state index contributed by atoms with van der Waals surface area (Å²) in [4.78, 5) is 26.1. The van der Waals surface area contributed by atoms with Crippen molar-refractivity contribution in [3.8, 4) is 0 Å². The fraction of sp³-hybridized carbons (Fsp3) is 0.273. The lowest BCUT2D eigenvalue weighted by atomic mass is 10.2. The number of aliphatic hydroxyl groups is 1. The van der Waals surface area contributed by atoms with E-state index in [1.165, 1.54) is 16.9 Å². The quantitative estimate of drug-likeness (QED) is 0.657. The zero-order valence-corrected chi connectivity index (χ0v) is 9.85. The Hall–Kier alpha value is -2.48. The summed E-state index contributed by atoms with van der Waals surface area (Å²) in [6.07, 6.45) is 4.53. The van der Waals surface area contributed by atoms with E-state index in [2.05, 4.69) is 15.4 Å². The summed E-state index contributed by atoms with van der Waals surface area (Å²) in [5.41, 5.74) is 0.900. The van der Waals surface area contributed by atoms with Crippen LogP contribution in [0.2, 0.25) is 0 Å². The van der Waals surface area contributed by atoms with Crippen molar-refractivity contribution in [2.24, 2.45) is 0 Å². The van der Waals surface area contributed by atoms with Crippen LogP contribution in [0.3, 0.4) is 0 Å². The maximum absolute atomic E-state index is 11.8. The molecule has 19 heavy (non-hydrogen) atoms. The monoisotopic (exact) mass is 264 g/mol.